The van der Waals surface area contributed by atoms with Crippen LogP contribution in [-0.4, -0.2) is 70.0 Å². The number of likely N-dealkylation sites (N-methyl/N-ethyl adjacent to an activating group) is 1. The molecule has 0 aliphatic carbocycles. The van der Waals surface area contributed by atoms with Gasteiger partial charge in [-0.1, -0.05) is 339 Å². The van der Waals surface area contributed by atoms with Crippen LogP contribution in [-0.2, 0) is 32.7 Å². The number of ether oxygens (including phenoxy) is 2. The molecule has 0 fully saturated rings. The van der Waals surface area contributed by atoms with E-state index in [-0.39, 0.29) is 32.0 Å². The normalized spacial score (nSPS) is 13.9. The van der Waals surface area contributed by atoms with Gasteiger partial charge < -0.3 is 27.9 Å². The topological polar surface area (TPSA) is 111 Å². The summed E-state index contributed by atoms with van der Waals surface area (Å²) in [6, 6.07) is 0. The Morgan fingerprint density at radius 3 is 0.851 bits per heavy atom. The Balaban J connectivity index is 4.01. The highest BCUT2D eigenvalue weighted by Crippen LogP contribution is 2.38. The molecule has 538 valence electrons. The SMILES string of the molecule is CC/C=C\C/C=C\C/C=C\C/C=C\C/C=C\C/C=C\C/C=C\C/C=C\CCCCCCCCCCCCCCCCC(=O)OC(COC(=O)CCCCCCCCCCCCCCCCCCCC/C=C\C/C=C\C/C=C\C/C=C\CC)COP(=O)([O-])OCC[N+](C)(C)C. The quantitative estimate of drug-likeness (QED) is 0.0195. The number of quaternary nitrogens is 1. The molecule has 94 heavy (non-hydrogen) atoms. The fourth-order valence-corrected chi connectivity index (χ4v) is 11.3. The van der Waals surface area contributed by atoms with Gasteiger partial charge in [0.25, 0.3) is 7.82 Å². The lowest BCUT2D eigenvalue weighted by atomic mass is 10.0. The number of allylic oxidation sites excluding steroid dienone is 24. The van der Waals surface area contributed by atoms with Crippen molar-refractivity contribution in [2.45, 2.75) is 328 Å². The van der Waals surface area contributed by atoms with Crippen LogP contribution in [0, 0.1) is 0 Å². The summed E-state index contributed by atoms with van der Waals surface area (Å²) in [5.74, 6) is -0.828. The highest BCUT2D eigenvalue weighted by molar-refractivity contribution is 7.45. The fraction of sp³-hybridized carbons (Fsp3) is 0.690. The van der Waals surface area contributed by atoms with E-state index in [0.717, 1.165) is 116 Å². The van der Waals surface area contributed by atoms with Gasteiger partial charge in [-0.05, 0) is 116 Å². The average molecular weight is 1330 g/mol. The zero-order chi connectivity index (χ0) is 68.3. The molecular formula is C84H144NO8P. The number of esters is 2. The molecule has 0 amide bonds. The van der Waals surface area contributed by atoms with Gasteiger partial charge >= 0.3 is 11.9 Å². The first-order valence-corrected chi connectivity index (χ1v) is 40.0. The second kappa shape index (κ2) is 73.1. The smallest absolute Gasteiger partial charge is 0.306 e. The van der Waals surface area contributed by atoms with E-state index in [1.807, 2.05) is 21.1 Å². The Kier molecular flexibility index (Phi) is 69.9. The average Bonchev–Trinajstić information content (AvgIpc) is 1.56. The molecule has 0 aromatic rings. The number of carbonyl (C=O) groups is 2. The highest BCUT2D eigenvalue weighted by atomic mass is 31.2. The zero-order valence-corrected chi connectivity index (χ0v) is 62.3. The van der Waals surface area contributed by atoms with Crippen LogP contribution in [0.1, 0.15) is 322 Å². The second-order valence-corrected chi connectivity index (χ2v) is 28.0. The van der Waals surface area contributed by atoms with Crippen LogP contribution in [0.5, 0.6) is 0 Å². The highest BCUT2D eigenvalue weighted by Gasteiger charge is 2.22. The van der Waals surface area contributed by atoms with Gasteiger partial charge in [-0.2, -0.15) is 0 Å². The third kappa shape index (κ3) is 76.9. The molecule has 0 N–H and O–H groups in total. The van der Waals surface area contributed by atoms with E-state index < -0.39 is 26.5 Å². The number of rotatable bonds is 70. The first-order chi connectivity index (χ1) is 46.0. The predicted molar refractivity (Wildman–Crippen MR) is 406 cm³/mol. The number of hydrogen-bond acceptors (Lipinski definition) is 8. The largest absolute Gasteiger partial charge is 0.756 e. The van der Waals surface area contributed by atoms with Crippen molar-refractivity contribution < 1.29 is 42.1 Å². The van der Waals surface area contributed by atoms with Gasteiger partial charge in [-0.15, -0.1) is 0 Å². The van der Waals surface area contributed by atoms with Crippen molar-refractivity contribution in [2.75, 3.05) is 47.5 Å². The van der Waals surface area contributed by atoms with Crippen LogP contribution in [0.25, 0.3) is 0 Å². The van der Waals surface area contributed by atoms with Crippen molar-refractivity contribution in [3.05, 3.63) is 146 Å². The first-order valence-electron chi connectivity index (χ1n) is 38.5. The lowest BCUT2D eigenvalue weighted by Gasteiger charge is -2.28. The van der Waals surface area contributed by atoms with E-state index in [4.69, 9.17) is 18.5 Å². The summed E-state index contributed by atoms with van der Waals surface area (Å²) in [6.45, 7) is 4.04. The van der Waals surface area contributed by atoms with Crippen molar-refractivity contribution in [2.24, 2.45) is 0 Å². The monoisotopic (exact) mass is 1330 g/mol. The number of carbonyl (C=O) groups excluding carboxylic acids is 2. The molecule has 0 radical (unpaired) electrons. The standard InChI is InChI=1S/C84H144NO8P/c1-6-8-10-12-14-16-18-20-22-24-26-28-30-32-34-36-38-39-40-41-42-43-44-45-47-49-51-53-55-57-59-61-63-65-67-69-71-73-75-77-84(87)93-82(81-92-94(88,89)91-79-78-85(3,4)5)80-90-83(86)76-74-72-70-68-66-64-62-60-58-56-54-52-50-48-46-37-35-33-31-29-27-25-23-21-19-17-15-13-11-9-7-2/h8-11,14-17,20-23,26-29,32,34,38-39,41-42,44-45,82H,6-7,12-13,18-19,24-25,30-31,33,35-37,40,43,46-81H2,1-5H3/b10-8-,11-9-,16-14-,17-15-,22-20-,23-21-,28-26-,29-27-,34-32-,39-38-,42-41-,45-44-. The number of phosphoric ester groups is 1. The van der Waals surface area contributed by atoms with Crippen LogP contribution in [0.2, 0.25) is 0 Å². The number of nitrogens with zero attached hydrogens (tertiary/aromatic N) is 1. The van der Waals surface area contributed by atoms with E-state index in [1.165, 1.54) is 173 Å². The van der Waals surface area contributed by atoms with Crippen molar-refractivity contribution in [3.63, 3.8) is 0 Å². The van der Waals surface area contributed by atoms with Crippen molar-refractivity contribution >= 4 is 19.8 Å². The predicted octanol–water partition coefficient (Wildman–Crippen LogP) is 25.1. The van der Waals surface area contributed by atoms with Gasteiger partial charge in [0.15, 0.2) is 6.10 Å². The van der Waals surface area contributed by atoms with Crippen LogP contribution < -0.4 is 4.89 Å². The molecule has 0 aliphatic rings. The molecule has 0 bridgehead atoms. The van der Waals surface area contributed by atoms with Gasteiger partial charge in [0.1, 0.15) is 19.8 Å². The number of hydrogen-bond donors (Lipinski definition) is 0. The Morgan fingerprint density at radius 1 is 0.330 bits per heavy atom. The zero-order valence-electron chi connectivity index (χ0n) is 61.4. The minimum atomic E-state index is -4.65. The Bertz CT molecular complexity index is 2100. The number of phosphoric acid groups is 1. The summed E-state index contributed by atoms with van der Waals surface area (Å²) in [5, 5.41) is 0. The van der Waals surface area contributed by atoms with Crippen molar-refractivity contribution in [1.29, 1.82) is 0 Å². The molecule has 0 rings (SSSR count). The van der Waals surface area contributed by atoms with Gasteiger partial charge in [-0.25, -0.2) is 0 Å². The molecule has 2 atom stereocenters. The van der Waals surface area contributed by atoms with Crippen LogP contribution in [0.4, 0.5) is 0 Å². The first kappa shape index (κ1) is 89.9. The molecule has 0 aliphatic heterocycles. The summed E-state index contributed by atoms with van der Waals surface area (Å²) in [5.41, 5.74) is 0. The van der Waals surface area contributed by atoms with E-state index in [0.29, 0.717) is 17.4 Å². The molecule has 9 nitrogen and oxygen atoms in total. The molecule has 10 heteroatoms. The Labute approximate surface area is 580 Å². The van der Waals surface area contributed by atoms with Crippen LogP contribution in [0.3, 0.4) is 0 Å². The van der Waals surface area contributed by atoms with Crippen LogP contribution in [0.15, 0.2) is 146 Å². The van der Waals surface area contributed by atoms with Gasteiger partial charge in [0.05, 0.1) is 27.7 Å². The molecule has 0 heterocycles. The third-order valence-corrected chi connectivity index (χ3v) is 17.3. The molecule has 0 aromatic heterocycles. The summed E-state index contributed by atoms with van der Waals surface area (Å²) in [6.07, 6.45) is 108. The maximum atomic E-state index is 12.9. The minimum Gasteiger partial charge on any atom is -0.756 e. The lowest BCUT2D eigenvalue weighted by molar-refractivity contribution is -0.870. The minimum absolute atomic E-state index is 0.0349. The van der Waals surface area contributed by atoms with Gasteiger partial charge in [-0.3, -0.25) is 14.2 Å². The van der Waals surface area contributed by atoms with E-state index in [1.54, 1.807) is 0 Å². The Hall–Kier alpha value is -4.11. The molecule has 0 saturated heterocycles. The maximum Gasteiger partial charge on any atom is 0.306 e. The summed E-state index contributed by atoms with van der Waals surface area (Å²) in [4.78, 5) is 38.2. The summed E-state index contributed by atoms with van der Waals surface area (Å²) in [7, 11) is 1.16. The third-order valence-electron chi connectivity index (χ3n) is 16.4. The Morgan fingerprint density at radius 2 is 0.574 bits per heavy atom. The van der Waals surface area contributed by atoms with Gasteiger partial charge in [0, 0.05) is 12.8 Å². The van der Waals surface area contributed by atoms with E-state index in [9.17, 15) is 19.0 Å². The molecule has 0 saturated carbocycles. The summed E-state index contributed by atoms with van der Waals surface area (Å²) < 4.78 is 34.4. The second-order valence-electron chi connectivity index (χ2n) is 26.6. The molecule has 0 aromatic carbocycles. The molecular weight excluding hydrogens is 1180 g/mol. The van der Waals surface area contributed by atoms with Gasteiger partial charge in [0.2, 0.25) is 0 Å². The fourth-order valence-electron chi connectivity index (χ4n) is 10.5. The van der Waals surface area contributed by atoms with Crippen LogP contribution >= 0.6 is 7.82 Å². The maximum absolute atomic E-state index is 12.9. The lowest BCUT2D eigenvalue weighted by Crippen LogP contribution is -2.37. The number of unbranched alkanes of at least 4 members (excludes halogenated alkanes) is 32. The van der Waals surface area contributed by atoms with Crippen molar-refractivity contribution in [3.8, 4) is 0 Å². The molecule has 2 unspecified atom stereocenters. The van der Waals surface area contributed by atoms with E-state index >= 15 is 0 Å². The molecule has 0 spiro atoms. The van der Waals surface area contributed by atoms with E-state index in [2.05, 4.69) is 160 Å². The summed E-state index contributed by atoms with van der Waals surface area (Å²) >= 11 is 0. The van der Waals surface area contributed by atoms with Crippen molar-refractivity contribution in [1.82, 2.24) is 0 Å².